The molecule has 1 N–H and O–H groups in total. The SMILES string of the molecule is C[SH](C)(=O)COc1cccc(C(=O)O)c1. The summed E-state index contributed by atoms with van der Waals surface area (Å²) >= 11 is 0. The van der Waals surface area contributed by atoms with Gasteiger partial charge in [-0.05, 0) is 30.7 Å². The van der Waals surface area contributed by atoms with Crippen LogP contribution in [-0.4, -0.2) is 33.7 Å². The van der Waals surface area contributed by atoms with Crippen LogP contribution in [0.4, 0.5) is 0 Å². The molecule has 0 heterocycles. The van der Waals surface area contributed by atoms with E-state index in [0.717, 1.165) is 0 Å². The molecule has 1 aromatic carbocycles. The molecular weight excluding hydrogens is 216 g/mol. The Labute approximate surface area is 89.3 Å². The Morgan fingerprint density at radius 1 is 1.47 bits per heavy atom. The third-order valence-corrected chi connectivity index (χ3v) is 2.37. The minimum atomic E-state index is -2.24. The number of aromatic carboxylic acids is 1. The van der Waals surface area contributed by atoms with E-state index in [-0.39, 0.29) is 11.5 Å². The molecule has 0 amide bonds. The highest BCUT2D eigenvalue weighted by atomic mass is 32.2. The number of hydrogen-bond acceptors (Lipinski definition) is 3. The summed E-state index contributed by atoms with van der Waals surface area (Å²) in [6, 6.07) is 6.13. The molecule has 0 aliphatic rings. The molecule has 0 aliphatic carbocycles. The molecule has 0 radical (unpaired) electrons. The predicted octanol–water partition coefficient (Wildman–Crippen LogP) is 0.997. The molecule has 5 heteroatoms. The molecule has 0 fully saturated rings. The van der Waals surface area contributed by atoms with Gasteiger partial charge in [0.15, 0.2) is 0 Å². The number of carboxylic acids is 1. The number of thiol groups is 1. The molecule has 0 bridgehead atoms. The van der Waals surface area contributed by atoms with E-state index in [4.69, 9.17) is 9.84 Å². The van der Waals surface area contributed by atoms with Crippen molar-refractivity contribution in [2.24, 2.45) is 0 Å². The van der Waals surface area contributed by atoms with E-state index in [0.29, 0.717) is 5.75 Å². The summed E-state index contributed by atoms with van der Waals surface area (Å²) in [5.74, 6) is -0.453. The van der Waals surface area contributed by atoms with Gasteiger partial charge in [0.1, 0.15) is 11.7 Å². The van der Waals surface area contributed by atoms with E-state index in [1.54, 1.807) is 24.6 Å². The van der Waals surface area contributed by atoms with Crippen LogP contribution in [-0.2, 0) is 9.93 Å². The Bertz CT molecular complexity index is 408. The van der Waals surface area contributed by atoms with Crippen molar-refractivity contribution < 1.29 is 18.8 Å². The Kier molecular flexibility index (Phi) is 3.47. The van der Waals surface area contributed by atoms with Crippen LogP contribution in [0.2, 0.25) is 0 Å². The topological polar surface area (TPSA) is 63.6 Å². The molecular formula is C10H14O4S. The molecule has 4 nitrogen and oxygen atoms in total. The third kappa shape index (κ3) is 4.12. The van der Waals surface area contributed by atoms with Crippen LogP contribution in [0.25, 0.3) is 0 Å². The largest absolute Gasteiger partial charge is 0.482 e. The first-order valence-electron chi connectivity index (χ1n) is 4.39. The third-order valence-electron chi connectivity index (χ3n) is 1.62. The number of carboxylic acid groups (broad SMARTS) is 1. The summed E-state index contributed by atoms with van der Waals surface area (Å²) in [4.78, 5) is 10.6. The van der Waals surface area contributed by atoms with Crippen molar-refractivity contribution in [3.05, 3.63) is 29.8 Å². The van der Waals surface area contributed by atoms with Crippen molar-refractivity contribution in [3.63, 3.8) is 0 Å². The zero-order valence-electron chi connectivity index (χ0n) is 8.64. The quantitative estimate of drug-likeness (QED) is 0.757. The molecule has 1 aromatic rings. The van der Waals surface area contributed by atoms with Gasteiger partial charge in [-0.25, -0.2) is 4.79 Å². The fourth-order valence-electron chi connectivity index (χ4n) is 0.949. The zero-order chi connectivity index (χ0) is 11.5. The van der Waals surface area contributed by atoms with E-state index in [1.807, 2.05) is 0 Å². The normalized spacial score (nSPS) is 12.1. The van der Waals surface area contributed by atoms with Crippen LogP contribution >= 0.6 is 0 Å². The van der Waals surface area contributed by atoms with Gasteiger partial charge in [-0.1, -0.05) is 16.0 Å². The first kappa shape index (κ1) is 11.7. The molecule has 0 aliphatic heterocycles. The lowest BCUT2D eigenvalue weighted by Crippen LogP contribution is -2.16. The highest BCUT2D eigenvalue weighted by molar-refractivity contribution is 8.01. The molecule has 0 unspecified atom stereocenters. The molecule has 15 heavy (non-hydrogen) atoms. The molecule has 0 spiro atoms. The summed E-state index contributed by atoms with van der Waals surface area (Å²) in [5, 5.41) is 8.73. The molecule has 0 saturated heterocycles. The molecule has 0 saturated carbocycles. The maximum absolute atomic E-state index is 11.4. The summed E-state index contributed by atoms with van der Waals surface area (Å²) in [5.41, 5.74) is 0.162. The van der Waals surface area contributed by atoms with Crippen molar-refractivity contribution >= 4 is 15.9 Å². The second kappa shape index (κ2) is 4.44. The molecule has 0 aromatic heterocycles. The molecule has 84 valence electrons. The van der Waals surface area contributed by atoms with Gasteiger partial charge in [0.2, 0.25) is 0 Å². The predicted molar refractivity (Wildman–Crippen MR) is 60.3 cm³/mol. The van der Waals surface area contributed by atoms with Gasteiger partial charge in [0.25, 0.3) is 0 Å². The number of benzene rings is 1. The molecule has 0 atom stereocenters. The fraction of sp³-hybridized carbons (Fsp3) is 0.300. The lowest BCUT2D eigenvalue weighted by atomic mass is 10.2. The lowest BCUT2D eigenvalue weighted by molar-refractivity contribution is 0.0696. The minimum Gasteiger partial charge on any atom is -0.482 e. The smallest absolute Gasteiger partial charge is 0.335 e. The number of carbonyl (C=O) groups is 1. The summed E-state index contributed by atoms with van der Waals surface area (Å²) in [6.07, 6.45) is 3.24. The number of rotatable bonds is 4. The fourth-order valence-corrected chi connectivity index (χ4v) is 1.41. The molecule has 1 rings (SSSR count). The van der Waals surface area contributed by atoms with E-state index in [2.05, 4.69) is 0 Å². The van der Waals surface area contributed by atoms with E-state index in [9.17, 15) is 9.00 Å². The second-order valence-corrected chi connectivity index (χ2v) is 7.09. The Balaban J connectivity index is 2.74. The van der Waals surface area contributed by atoms with Crippen LogP contribution in [0.3, 0.4) is 0 Å². The minimum absolute atomic E-state index is 0.121. The van der Waals surface area contributed by atoms with Crippen molar-refractivity contribution in [1.29, 1.82) is 0 Å². The van der Waals surface area contributed by atoms with Gasteiger partial charge in [0, 0.05) is 0 Å². The summed E-state index contributed by atoms with van der Waals surface area (Å²) < 4.78 is 16.6. The second-order valence-electron chi connectivity index (χ2n) is 3.68. The Hall–Kier alpha value is -1.36. The van der Waals surface area contributed by atoms with Gasteiger partial charge < -0.3 is 9.84 Å². The van der Waals surface area contributed by atoms with Gasteiger partial charge in [-0.3, -0.25) is 4.21 Å². The monoisotopic (exact) mass is 230 g/mol. The van der Waals surface area contributed by atoms with Crippen LogP contribution in [0.15, 0.2) is 24.3 Å². The van der Waals surface area contributed by atoms with Crippen LogP contribution in [0.5, 0.6) is 5.75 Å². The summed E-state index contributed by atoms with van der Waals surface area (Å²) in [6.45, 7) is 0. The first-order chi connectivity index (χ1) is 6.88. The number of ether oxygens (including phenoxy) is 1. The van der Waals surface area contributed by atoms with Crippen molar-refractivity contribution in [2.75, 3.05) is 18.5 Å². The van der Waals surface area contributed by atoms with E-state index < -0.39 is 15.9 Å². The van der Waals surface area contributed by atoms with Gasteiger partial charge in [-0.15, -0.1) is 0 Å². The zero-order valence-corrected chi connectivity index (χ0v) is 9.53. The van der Waals surface area contributed by atoms with Gasteiger partial charge >= 0.3 is 5.97 Å². The van der Waals surface area contributed by atoms with Crippen LogP contribution < -0.4 is 4.74 Å². The van der Waals surface area contributed by atoms with Gasteiger partial charge in [0.05, 0.1) is 5.56 Å². The Morgan fingerprint density at radius 3 is 2.67 bits per heavy atom. The van der Waals surface area contributed by atoms with Crippen molar-refractivity contribution in [2.45, 2.75) is 0 Å². The highest BCUT2D eigenvalue weighted by Gasteiger charge is 2.05. The van der Waals surface area contributed by atoms with Crippen LogP contribution in [0.1, 0.15) is 10.4 Å². The van der Waals surface area contributed by atoms with Crippen LogP contribution in [0, 0.1) is 0 Å². The summed E-state index contributed by atoms with van der Waals surface area (Å²) in [7, 11) is -2.24. The highest BCUT2D eigenvalue weighted by Crippen LogP contribution is 2.14. The lowest BCUT2D eigenvalue weighted by Gasteiger charge is -2.13. The maximum Gasteiger partial charge on any atom is 0.335 e. The van der Waals surface area contributed by atoms with Crippen molar-refractivity contribution in [1.82, 2.24) is 0 Å². The Morgan fingerprint density at radius 2 is 2.13 bits per heavy atom. The van der Waals surface area contributed by atoms with E-state index in [1.165, 1.54) is 12.1 Å². The maximum atomic E-state index is 11.4. The van der Waals surface area contributed by atoms with Gasteiger partial charge in [-0.2, -0.15) is 0 Å². The first-order valence-corrected chi connectivity index (χ1v) is 7.17. The average Bonchev–Trinajstić information content (AvgIpc) is 2.14. The standard InChI is InChI=1S/C10H14O4S/c1-15(2,13)7-14-9-5-3-4-8(6-9)10(11)12/h3-6,15H,7H2,1-2H3,(H,11,12). The number of hydrogen-bond donors (Lipinski definition) is 2. The average molecular weight is 230 g/mol. The van der Waals surface area contributed by atoms with Crippen molar-refractivity contribution in [3.8, 4) is 5.75 Å². The van der Waals surface area contributed by atoms with E-state index >= 15 is 0 Å².